The molecule has 6 aromatic carbocycles. The van der Waals surface area contributed by atoms with E-state index in [1.54, 1.807) is 0 Å². The molecule has 0 radical (unpaired) electrons. The fraction of sp³-hybridized carbons (Fsp3) is 0.0526. The van der Waals surface area contributed by atoms with Gasteiger partial charge in [-0.15, -0.1) is 0 Å². The Kier molecular flexibility index (Phi) is 5.73. The van der Waals surface area contributed by atoms with E-state index in [2.05, 4.69) is 163 Å². The number of para-hydroxylation sites is 4. The van der Waals surface area contributed by atoms with Gasteiger partial charge in [-0.3, -0.25) is 0 Å². The van der Waals surface area contributed by atoms with Crippen LogP contribution in [-0.2, 0) is 0 Å². The minimum absolute atomic E-state index is 0.0662. The highest BCUT2D eigenvalue weighted by Crippen LogP contribution is 2.44. The summed E-state index contributed by atoms with van der Waals surface area (Å²) < 4.78 is 6.53. The molecule has 8 rings (SSSR count). The van der Waals surface area contributed by atoms with Crippen LogP contribution in [0, 0.1) is 0 Å². The molecule has 0 amide bonds. The Balaban J connectivity index is 1.53. The van der Waals surface area contributed by atoms with Crippen molar-refractivity contribution in [3.63, 3.8) is 0 Å². The zero-order valence-electron chi connectivity index (χ0n) is 23.8. The minimum atomic E-state index is -2.12. The first-order valence-corrected chi connectivity index (χ1v) is 17.7. The van der Waals surface area contributed by atoms with Crippen molar-refractivity contribution in [3.8, 4) is 33.8 Å². The number of benzene rings is 6. The number of fused-ring (bicyclic) bond motifs is 4. The van der Waals surface area contributed by atoms with Gasteiger partial charge in [0.15, 0.2) is 0 Å². The van der Waals surface area contributed by atoms with Crippen molar-refractivity contribution in [3.05, 3.63) is 146 Å². The number of nitrogens with zero attached hydrogens (tertiary/aromatic N) is 1. The number of rotatable bonds is 3. The van der Waals surface area contributed by atoms with E-state index < -0.39 is 8.07 Å². The Bertz CT molecular complexity index is 1820. The molecule has 0 unspecified atom stereocenters. The summed E-state index contributed by atoms with van der Waals surface area (Å²) in [5.41, 5.74) is 9.99. The molecule has 0 N–H and O–H groups in total. The summed E-state index contributed by atoms with van der Waals surface area (Å²) in [6.07, 6.45) is 0. The predicted molar refractivity (Wildman–Crippen MR) is 181 cm³/mol. The number of hydrogen-bond donors (Lipinski definition) is 0. The quantitative estimate of drug-likeness (QED) is 0.214. The highest BCUT2D eigenvalue weighted by molar-refractivity contribution is 7.04. The van der Waals surface area contributed by atoms with Crippen molar-refractivity contribution < 1.29 is 4.74 Å². The molecule has 0 fully saturated rings. The van der Waals surface area contributed by atoms with E-state index in [0.29, 0.717) is 0 Å². The van der Waals surface area contributed by atoms with Crippen molar-refractivity contribution in [2.75, 3.05) is 4.81 Å². The third-order valence-corrected chi connectivity index (χ3v) is 12.5. The zero-order valence-corrected chi connectivity index (χ0v) is 24.8. The van der Waals surface area contributed by atoms with Crippen LogP contribution < -0.4 is 30.8 Å². The first-order valence-electron chi connectivity index (χ1n) is 14.7. The van der Waals surface area contributed by atoms with E-state index in [0.717, 1.165) is 11.5 Å². The van der Waals surface area contributed by atoms with E-state index in [4.69, 9.17) is 4.74 Å². The monoisotopic (exact) mass is 555 g/mol. The fourth-order valence-electron chi connectivity index (χ4n) is 6.99. The summed E-state index contributed by atoms with van der Waals surface area (Å²) in [6, 6.07) is 52.8. The molecule has 2 aliphatic rings. The Morgan fingerprint density at radius 2 is 0.905 bits per heavy atom. The van der Waals surface area contributed by atoms with Gasteiger partial charge in [-0.2, -0.15) is 0 Å². The maximum Gasteiger partial charge on any atom is 0.335 e. The first kappa shape index (κ1) is 25.0. The molecule has 2 aliphatic heterocycles. The molecule has 2 heterocycles. The lowest BCUT2D eigenvalue weighted by Gasteiger charge is -2.47. The predicted octanol–water partition coefficient (Wildman–Crippen LogP) is 7.21. The standard InChI is InChI=1S/C38H30BNOSi/c1-42(2)35-25-13-19-29(27-15-5-3-6-16-27)37(35)40(38-30(20-14-26-36(38)42)28-17-7-4-8-18-28)39-31-21-9-11-23-33(31)41-34-24-12-10-22-32(34)39/h3-26H,1-2H3. The van der Waals surface area contributed by atoms with Crippen molar-refractivity contribution in [2.24, 2.45) is 0 Å². The molecule has 2 nitrogen and oxygen atoms in total. The molecule has 0 aromatic heterocycles. The third-order valence-electron chi connectivity index (χ3n) is 8.98. The Morgan fingerprint density at radius 3 is 1.38 bits per heavy atom. The lowest BCUT2D eigenvalue weighted by Crippen LogP contribution is -2.66. The van der Waals surface area contributed by atoms with Crippen LogP contribution in [0.5, 0.6) is 11.5 Å². The first-order chi connectivity index (χ1) is 20.6. The van der Waals surface area contributed by atoms with Gasteiger partial charge in [0, 0.05) is 22.5 Å². The Morgan fingerprint density at radius 1 is 0.476 bits per heavy atom. The highest BCUT2D eigenvalue weighted by Gasteiger charge is 2.46. The highest BCUT2D eigenvalue weighted by atomic mass is 28.3. The maximum absolute atomic E-state index is 6.53. The second kappa shape index (κ2) is 9.64. The zero-order chi connectivity index (χ0) is 28.3. The van der Waals surface area contributed by atoms with Crippen molar-refractivity contribution in [2.45, 2.75) is 13.1 Å². The number of ether oxygens (including phenoxy) is 1. The lowest BCUT2D eigenvalue weighted by atomic mass is 9.47. The molecule has 4 heteroatoms. The average Bonchev–Trinajstić information content (AvgIpc) is 3.05. The third kappa shape index (κ3) is 3.72. The second-order valence-electron chi connectivity index (χ2n) is 11.7. The largest absolute Gasteiger partial charge is 0.458 e. The summed E-state index contributed by atoms with van der Waals surface area (Å²) in [5.74, 6) is 1.83. The van der Waals surface area contributed by atoms with E-state index in [9.17, 15) is 0 Å². The van der Waals surface area contributed by atoms with E-state index in [1.165, 1.54) is 54.9 Å². The van der Waals surface area contributed by atoms with Crippen LogP contribution in [-0.4, -0.2) is 14.9 Å². The topological polar surface area (TPSA) is 12.5 Å². The van der Waals surface area contributed by atoms with Crippen LogP contribution in [0.25, 0.3) is 22.3 Å². The van der Waals surface area contributed by atoms with E-state index in [1.807, 2.05) is 0 Å². The molecule has 0 saturated carbocycles. The summed E-state index contributed by atoms with van der Waals surface area (Å²) in [5, 5.41) is 2.92. The van der Waals surface area contributed by atoms with Gasteiger partial charge in [0.05, 0.1) is 0 Å². The normalized spacial score (nSPS) is 14.2. The van der Waals surface area contributed by atoms with E-state index >= 15 is 0 Å². The average molecular weight is 556 g/mol. The van der Waals surface area contributed by atoms with Gasteiger partial charge in [-0.05, 0) is 44.6 Å². The van der Waals surface area contributed by atoms with Gasteiger partial charge in [-0.1, -0.05) is 147 Å². The molecule has 42 heavy (non-hydrogen) atoms. The lowest BCUT2D eigenvalue weighted by molar-refractivity contribution is 0.487. The summed E-state index contributed by atoms with van der Waals surface area (Å²) in [4.78, 5) is 2.66. The summed E-state index contributed by atoms with van der Waals surface area (Å²) >= 11 is 0. The minimum Gasteiger partial charge on any atom is -0.458 e. The molecule has 0 bridgehead atoms. The molecule has 0 atom stereocenters. The van der Waals surface area contributed by atoms with Gasteiger partial charge in [0.1, 0.15) is 19.6 Å². The number of anilines is 2. The van der Waals surface area contributed by atoms with Crippen molar-refractivity contribution in [1.29, 1.82) is 0 Å². The van der Waals surface area contributed by atoms with Crippen LogP contribution in [0.1, 0.15) is 0 Å². The summed E-state index contributed by atoms with van der Waals surface area (Å²) in [6.45, 7) is 4.96. The van der Waals surface area contributed by atoms with Gasteiger partial charge in [-0.25, -0.2) is 0 Å². The van der Waals surface area contributed by atoms with Crippen molar-refractivity contribution in [1.82, 2.24) is 0 Å². The van der Waals surface area contributed by atoms with Crippen LogP contribution in [0.2, 0.25) is 13.1 Å². The summed E-state index contributed by atoms with van der Waals surface area (Å²) in [7, 11) is -2.12. The maximum atomic E-state index is 6.53. The molecule has 0 spiro atoms. The van der Waals surface area contributed by atoms with Gasteiger partial charge in [0.25, 0.3) is 0 Å². The smallest absolute Gasteiger partial charge is 0.335 e. The van der Waals surface area contributed by atoms with Gasteiger partial charge >= 0.3 is 6.85 Å². The van der Waals surface area contributed by atoms with Crippen LogP contribution >= 0.6 is 0 Å². The SMILES string of the molecule is C[Si]1(C)c2cccc(-c3ccccc3)c2N(B2c3ccccc3Oc3ccccc32)c2c(-c3ccccc3)cccc21. The molecule has 6 aromatic rings. The molecule has 200 valence electrons. The molecule has 0 saturated heterocycles. The molecular formula is C38H30BNOSi. The van der Waals surface area contributed by atoms with Gasteiger partial charge < -0.3 is 9.55 Å². The second-order valence-corrected chi connectivity index (χ2v) is 16.0. The fourth-order valence-corrected chi connectivity index (χ4v) is 10.0. The Hall–Kier alpha value is -4.80. The van der Waals surface area contributed by atoms with E-state index in [-0.39, 0.29) is 6.85 Å². The molecular weight excluding hydrogens is 525 g/mol. The number of hydrogen-bond acceptors (Lipinski definition) is 2. The van der Waals surface area contributed by atoms with Gasteiger partial charge in [0.2, 0.25) is 0 Å². The van der Waals surface area contributed by atoms with Crippen LogP contribution in [0.15, 0.2) is 146 Å². The Labute approximate surface area is 249 Å². The van der Waals surface area contributed by atoms with Crippen LogP contribution in [0.4, 0.5) is 11.4 Å². The molecule has 0 aliphatic carbocycles. The van der Waals surface area contributed by atoms with Crippen LogP contribution in [0.3, 0.4) is 0 Å². The van der Waals surface area contributed by atoms with Crippen molar-refractivity contribution >= 4 is 47.6 Å².